The molecule has 1 nitrogen and oxygen atoms in total. The van der Waals surface area contributed by atoms with Gasteiger partial charge in [-0.25, -0.2) is 0 Å². The standard InChI is InChI=1S/C15H15ClOS2/c1-2-15(18-13-8-6-11(16)7-9-13)19-14-5-3-4-12(17)10-14/h3-10,15,17H,2H2,1H3. The predicted molar refractivity (Wildman–Crippen MR) is 85.4 cm³/mol. The Kier molecular flexibility index (Phi) is 5.49. The molecule has 19 heavy (non-hydrogen) atoms. The summed E-state index contributed by atoms with van der Waals surface area (Å²) in [6.45, 7) is 2.17. The summed E-state index contributed by atoms with van der Waals surface area (Å²) in [7, 11) is 0. The second-order valence-corrected chi connectivity index (χ2v) is 7.31. The molecule has 0 aliphatic heterocycles. The van der Waals surface area contributed by atoms with Crippen molar-refractivity contribution in [3.05, 3.63) is 53.6 Å². The summed E-state index contributed by atoms with van der Waals surface area (Å²) in [6.07, 6.45) is 1.05. The van der Waals surface area contributed by atoms with Gasteiger partial charge in [0.15, 0.2) is 0 Å². The third-order valence-corrected chi connectivity index (χ3v) is 5.59. The van der Waals surface area contributed by atoms with Gasteiger partial charge in [-0.2, -0.15) is 0 Å². The van der Waals surface area contributed by atoms with Gasteiger partial charge in [-0.05, 0) is 48.9 Å². The fraction of sp³-hybridized carbons (Fsp3) is 0.200. The lowest BCUT2D eigenvalue weighted by Crippen LogP contribution is -1.93. The molecule has 0 saturated carbocycles. The number of benzene rings is 2. The number of phenolic OH excluding ortho intramolecular Hbond substituents is 1. The lowest BCUT2D eigenvalue weighted by Gasteiger charge is -2.14. The Morgan fingerprint density at radius 3 is 2.37 bits per heavy atom. The number of halogens is 1. The van der Waals surface area contributed by atoms with Crippen molar-refractivity contribution in [2.75, 3.05) is 0 Å². The van der Waals surface area contributed by atoms with Crippen LogP contribution in [0.1, 0.15) is 13.3 Å². The molecule has 0 heterocycles. The average molecular weight is 311 g/mol. The van der Waals surface area contributed by atoms with Crippen molar-refractivity contribution in [2.24, 2.45) is 0 Å². The zero-order valence-electron chi connectivity index (χ0n) is 10.5. The zero-order chi connectivity index (χ0) is 13.7. The highest BCUT2D eigenvalue weighted by Crippen LogP contribution is 2.38. The lowest BCUT2D eigenvalue weighted by molar-refractivity contribution is 0.474. The van der Waals surface area contributed by atoms with Crippen LogP contribution in [0, 0.1) is 0 Å². The van der Waals surface area contributed by atoms with E-state index < -0.39 is 0 Å². The summed E-state index contributed by atoms with van der Waals surface area (Å²) in [5.41, 5.74) is 0. The van der Waals surface area contributed by atoms with Gasteiger partial charge in [0.05, 0.1) is 4.58 Å². The van der Waals surface area contributed by atoms with Crippen LogP contribution in [-0.4, -0.2) is 9.69 Å². The van der Waals surface area contributed by atoms with Crippen LogP contribution in [-0.2, 0) is 0 Å². The van der Waals surface area contributed by atoms with Gasteiger partial charge >= 0.3 is 0 Å². The van der Waals surface area contributed by atoms with Crippen LogP contribution in [0.5, 0.6) is 5.75 Å². The maximum atomic E-state index is 9.48. The van der Waals surface area contributed by atoms with E-state index in [2.05, 4.69) is 6.92 Å². The topological polar surface area (TPSA) is 20.2 Å². The number of thioether (sulfide) groups is 2. The average Bonchev–Trinajstić information content (AvgIpc) is 2.40. The quantitative estimate of drug-likeness (QED) is 0.568. The van der Waals surface area contributed by atoms with Crippen molar-refractivity contribution < 1.29 is 5.11 Å². The molecule has 0 radical (unpaired) electrons. The van der Waals surface area contributed by atoms with Gasteiger partial charge in [-0.15, -0.1) is 23.5 Å². The molecule has 0 amide bonds. The van der Waals surface area contributed by atoms with Crippen LogP contribution >= 0.6 is 35.1 Å². The summed E-state index contributed by atoms with van der Waals surface area (Å²) in [6, 6.07) is 15.3. The van der Waals surface area contributed by atoms with E-state index in [1.54, 1.807) is 23.9 Å². The second-order valence-electron chi connectivity index (χ2n) is 4.02. The minimum atomic E-state index is 0.316. The highest BCUT2D eigenvalue weighted by Gasteiger charge is 2.10. The van der Waals surface area contributed by atoms with Gasteiger partial charge in [0.25, 0.3) is 0 Å². The van der Waals surface area contributed by atoms with Crippen LogP contribution in [0.25, 0.3) is 0 Å². The number of phenols is 1. The Hall–Kier alpha value is -0.770. The van der Waals surface area contributed by atoms with Gasteiger partial charge in [0.2, 0.25) is 0 Å². The van der Waals surface area contributed by atoms with E-state index in [0.717, 1.165) is 16.3 Å². The van der Waals surface area contributed by atoms with Crippen LogP contribution in [0.2, 0.25) is 5.02 Å². The van der Waals surface area contributed by atoms with Gasteiger partial charge in [0, 0.05) is 14.8 Å². The van der Waals surface area contributed by atoms with E-state index in [4.69, 9.17) is 11.6 Å². The molecule has 0 aliphatic rings. The summed E-state index contributed by atoms with van der Waals surface area (Å²) in [5, 5.41) is 10.2. The molecule has 2 aromatic carbocycles. The zero-order valence-corrected chi connectivity index (χ0v) is 12.9. The molecular weight excluding hydrogens is 296 g/mol. The summed E-state index contributed by atoms with van der Waals surface area (Å²) < 4.78 is 0.419. The minimum absolute atomic E-state index is 0.316. The molecule has 1 atom stereocenters. The number of aromatic hydroxyl groups is 1. The Bertz CT molecular complexity index is 528. The Morgan fingerprint density at radius 1 is 1.05 bits per heavy atom. The van der Waals surface area contributed by atoms with Crippen molar-refractivity contribution >= 4 is 35.1 Å². The van der Waals surface area contributed by atoms with Gasteiger partial charge < -0.3 is 5.11 Å². The molecule has 4 heteroatoms. The summed E-state index contributed by atoms with van der Waals surface area (Å²) in [5.74, 6) is 0.316. The fourth-order valence-corrected chi connectivity index (χ4v) is 4.13. The fourth-order valence-electron chi connectivity index (χ4n) is 1.56. The van der Waals surface area contributed by atoms with Crippen LogP contribution in [0.15, 0.2) is 58.3 Å². The minimum Gasteiger partial charge on any atom is -0.508 e. The van der Waals surface area contributed by atoms with Crippen LogP contribution < -0.4 is 0 Å². The largest absolute Gasteiger partial charge is 0.508 e. The first kappa shape index (κ1) is 14.6. The molecule has 1 N–H and O–H groups in total. The van der Waals surface area contributed by atoms with E-state index in [9.17, 15) is 5.11 Å². The van der Waals surface area contributed by atoms with Gasteiger partial charge in [-0.1, -0.05) is 24.6 Å². The highest BCUT2D eigenvalue weighted by molar-refractivity contribution is 8.17. The normalized spacial score (nSPS) is 12.3. The monoisotopic (exact) mass is 310 g/mol. The molecule has 0 spiro atoms. The van der Waals surface area contributed by atoms with Crippen LogP contribution in [0.3, 0.4) is 0 Å². The van der Waals surface area contributed by atoms with E-state index in [0.29, 0.717) is 10.3 Å². The molecular formula is C15H15ClOS2. The second kappa shape index (κ2) is 7.13. The Labute approximate surface area is 127 Å². The third kappa shape index (κ3) is 4.68. The van der Waals surface area contributed by atoms with E-state index in [1.807, 2.05) is 48.2 Å². The van der Waals surface area contributed by atoms with Gasteiger partial charge in [-0.3, -0.25) is 0 Å². The summed E-state index contributed by atoms with van der Waals surface area (Å²) in [4.78, 5) is 2.30. The molecule has 0 bridgehead atoms. The number of rotatable bonds is 5. The highest BCUT2D eigenvalue weighted by atomic mass is 35.5. The predicted octanol–water partition coefficient (Wildman–Crippen LogP) is 5.67. The van der Waals surface area contributed by atoms with Crippen molar-refractivity contribution in [1.82, 2.24) is 0 Å². The molecule has 2 rings (SSSR count). The van der Waals surface area contributed by atoms with Crippen molar-refractivity contribution in [3.63, 3.8) is 0 Å². The molecule has 0 saturated heterocycles. The molecule has 100 valence electrons. The van der Waals surface area contributed by atoms with Crippen molar-refractivity contribution in [2.45, 2.75) is 27.7 Å². The maximum Gasteiger partial charge on any atom is 0.116 e. The van der Waals surface area contributed by atoms with E-state index in [1.165, 1.54) is 4.90 Å². The van der Waals surface area contributed by atoms with Crippen molar-refractivity contribution in [3.8, 4) is 5.75 Å². The Morgan fingerprint density at radius 2 is 1.74 bits per heavy atom. The van der Waals surface area contributed by atoms with E-state index in [-0.39, 0.29) is 0 Å². The molecule has 2 aromatic rings. The summed E-state index contributed by atoms with van der Waals surface area (Å²) >= 11 is 9.48. The number of hydrogen-bond acceptors (Lipinski definition) is 3. The Balaban J connectivity index is 2.02. The third-order valence-electron chi connectivity index (χ3n) is 2.50. The lowest BCUT2D eigenvalue weighted by atomic mass is 10.3. The molecule has 0 aliphatic carbocycles. The van der Waals surface area contributed by atoms with Gasteiger partial charge in [0.1, 0.15) is 5.75 Å². The first-order valence-electron chi connectivity index (χ1n) is 6.05. The number of hydrogen-bond donors (Lipinski definition) is 1. The SMILES string of the molecule is CCC(Sc1ccc(Cl)cc1)Sc1cccc(O)c1. The smallest absolute Gasteiger partial charge is 0.116 e. The molecule has 0 fully saturated rings. The first-order chi connectivity index (χ1) is 9.17. The van der Waals surface area contributed by atoms with Crippen molar-refractivity contribution in [1.29, 1.82) is 0 Å². The molecule has 0 aromatic heterocycles. The van der Waals surface area contributed by atoms with E-state index >= 15 is 0 Å². The first-order valence-corrected chi connectivity index (χ1v) is 8.19. The maximum absolute atomic E-state index is 9.48. The molecule has 1 unspecified atom stereocenters. The van der Waals surface area contributed by atoms with Crippen LogP contribution in [0.4, 0.5) is 0 Å².